The third kappa shape index (κ3) is 4.37. The number of ether oxygens (including phenoxy) is 3. The van der Waals surface area contributed by atoms with Crippen molar-refractivity contribution in [2.75, 3.05) is 39.2 Å². The van der Waals surface area contributed by atoms with Gasteiger partial charge in [0.15, 0.2) is 11.5 Å². The van der Waals surface area contributed by atoms with Crippen molar-refractivity contribution in [1.29, 1.82) is 5.26 Å². The van der Waals surface area contributed by atoms with E-state index < -0.39 is 0 Å². The predicted octanol–water partition coefficient (Wildman–Crippen LogP) is 1.62. The standard InChI is InChI=1S/C17H23N3O4/c1-11-8-20(9-12(2)24-11)10-17(21)19-14-6-16(23-4)15(22-3)5-13(14)7-18/h5-6,11-12H,8-10H2,1-4H3,(H,19,21). The smallest absolute Gasteiger partial charge is 0.238 e. The Morgan fingerprint density at radius 1 is 1.29 bits per heavy atom. The maximum Gasteiger partial charge on any atom is 0.238 e. The first-order chi connectivity index (χ1) is 11.5. The average molecular weight is 333 g/mol. The summed E-state index contributed by atoms with van der Waals surface area (Å²) < 4.78 is 16.1. The van der Waals surface area contributed by atoms with Crippen molar-refractivity contribution < 1.29 is 19.0 Å². The van der Waals surface area contributed by atoms with E-state index in [1.165, 1.54) is 14.2 Å². The molecule has 7 heteroatoms. The van der Waals surface area contributed by atoms with Gasteiger partial charge in [0.25, 0.3) is 0 Å². The lowest BCUT2D eigenvalue weighted by Gasteiger charge is -2.34. The van der Waals surface area contributed by atoms with E-state index in [2.05, 4.69) is 11.4 Å². The van der Waals surface area contributed by atoms with Crippen molar-refractivity contribution in [1.82, 2.24) is 4.90 Å². The zero-order valence-electron chi connectivity index (χ0n) is 14.5. The van der Waals surface area contributed by atoms with Crippen molar-refractivity contribution in [3.63, 3.8) is 0 Å². The number of carbonyl (C=O) groups excluding carboxylic acids is 1. The van der Waals surface area contributed by atoms with Crippen LogP contribution >= 0.6 is 0 Å². The van der Waals surface area contributed by atoms with Crippen LogP contribution in [0.3, 0.4) is 0 Å². The van der Waals surface area contributed by atoms with Gasteiger partial charge in [-0.2, -0.15) is 5.26 Å². The van der Waals surface area contributed by atoms with Crippen LogP contribution in [0, 0.1) is 11.3 Å². The van der Waals surface area contributed by atoms with Gasteiger partial charge in [-0.15, -0.1) is 0 Å². The fourth-order valence-electron chi connectivity index (χ4n) is 2.88. The van der Waals surface area contributed by atoms with Crippen LogP contribution in [0.4, 0.5) is 5.69 Å². The van der Waals surface area contributed by atoms with Gasteiger partial charge in [0.1, 0.15) is 6.07 Å². The second-order valence-corrected chi connectivity index (χ2v) is 5.86. The van der Waals surface area contributed by atoms with Crippen LogP contribution < -0.4 is 14.8 Å². The van der Waals surface area contributed by atoms with Crippen LogP contribution in [0.5, 0.6) is 11.5 Å². The summed E-state index contributed by atoms with van der Waals surface area (Å²) in [5.41, 5.74) is 0.735. The number of methoxy groups -OCH3 is 2. The van der Waals surface area contributed by atoms with Crippen molar-refractivity contribution in [3.8, 4) is 17.6 Å². The van der Waals surface area contributed by atoms with E-state index >= 15 is 0 Å². The quantitative estimate of drug-likeness (QED) is 0.881. The normalized spacial score (nSPS) is 21.0. The minimum atomic E-state index is -0.181. The minimum Gasteiger partial charge on any atom is -0.493 e. The fraction of sp³-hybridized carbons (Fsp3) is 0.529. The van der Waals surface area contributed by atoms with E-state index in [1.807, 2.05) is 18.7 Å². The Labute approximate surface area is 142 Å². The van der Waals surface area contributed by atoms with Crippen molar-refractivity contribution in [2.24, 2.45) is 0 Å². The highest BCUT2D eigenvalue weighted by molar-refractivity contribution is 5.94. The minimum absolute atomic E-state index is 0.0947. The summed E-state index contributed by atoms with van der Waals surface area (Å²) in [4.78, 5) is 14.4. The molecule has 24 heavy (non-hydrogen) atoms. The molecule has 2 unspecified atom stereocenters. The molecule has 1 aliphatic heterocycles. The largest absolute Gasteiger partial charge is 0.493 e. The highest BCUT2D eigenvalue weighted by Crippen LogP contribution is 2.33. The second kappa shape index (κ2) is 7.99. The van der Waals surface area contributed by atoms with E-state index in [4.69, 9.17) is 14.2 Å². The molecule has 1 saturated heterocycles. The molecule has 1 heterocycles. The lowest BCUT2D eigenvalue weighted by Crippen LogP contribution is -2.48. The summed E-state index contributed by atoms with van der Waals surface area (Å²) in [6, 6.07) is 5.21. The first kappa shape index (κ1) is 18.0. The Morgan fingerprint density at radius 2 is 1.88 bits per heavy atom. The molecule has 0 saturated carbocycles. The van der Waals surface area contributed by atoms with E-state index in [0.29, 0.717) is 35.8 Å². The van der Waals surface area contributed by atoms with E-state index in [-0.39, 0.29) is 24.7 Å². The Morgan fingerprint density at radius 3 is 2.42 bits per heavy atom. The number of nitriles is 1. The first-order valence-electron chi connectivity index (χ1n) is 7.80. The number of nitrogens with zero attached hydrogens (tertiary/aromatic N) is 2. The highest BCUT2D eigenvalue weighted by Gasteiger charge is 2.24. The number of nitrogens with one attached hydrogen (secondary N) is 1. The molecular weight excluding hydrogens is 310 g/mol. The second-order valence-electron chi connectivity index (χ2n) is 5.86. The van der Waals surface area contributed by atoms with Gasteiger partial charge in [-0.25, -0.2) is 0 Å². The summed E-state index contributed by atoms with van der Waals surface area (Å²) in [5, 5.41) is 12.1. The molecule has 0 spiro atoms. The third-order valence-corrected chi connectivity index (χ3v) is 3.78. The highest BCUT2D eigenvalue weighted by atomic mass is 16.5. The van der Waals surface area contributed by atoms with Gasteiger partial charge in [-0.3, -0.25) is 9.69 Å². The number of morpholine rings is 1. The molecule has 0 aromatic heterocycles. The maximum absolute atomic E-state index is 12.3. The van der Waals surface area contributed by atoms with Gasteiger partial charge in [0.2, 0.25) is 5.91 Å². The zero-order valence-corrected chi connectivity index (χ0v) is 14.5. The molecule has 130 valence electrons. The van der Waals surface area contributed by atoms with Crippen LogP contribution in [-0.4, -0.2) is 56.9 Å². The maximum atomic E-state index is 12.3. The molecule has 1 N–H and O–H groups in total. The molecule has 2 rings (SSSR count). The number of anilines is 1. The third-order valence-electron chi connectivity index (χ3n) is 3.78. The first-order valence-corrected chi connectivity index (χ1v) is 7.80. The van der Waals surface area contributed by atoms with Crippen LogP contribution in [0.25, 0.3) is 0 Å². The SMILES string of the molecule is COc1cc(C#N)c(NC(=O)CN2CC(C)OC(C)C2)cc1OC. The van der Waals surface area contributed by atoms with Crippen molar-refractivity contribution in [2.45, 2.75) is 26.1 Å². The molecule has 0 bridgehead atoms. The van der Waals surface area contributed by atoms with Crippen LogP contribution in [0.15, 0.2) is 12.1 Å². The lowest BCUT2D eigenvalue weighted by atomic mass is 10.1. The van der Waals surface area contributed by atoms with Gasteiger partial charge in [0.05, 0.1) is 44.2 Å². The summed E-state index contributed by atoms with van der Waals surface area (Å²) in [7, 11) is 3.00. The zero-order chi connectivity index (χ0) is 17.7. The van der Waals surface area contributed by atoms with E-state index in [9.17, 15) is 10.1 Å². The summed E-state index contributed by atoms with van der Waals surface area (Å²) in [6.45, 7) is 5.63. The van der Waals surface area contributed by atoms with Gasteiger partial charge in [-0.05, 0) is 13.8 Å². The lowest BCUT2D eigenvalue weighted by molar-refractivity contribution is -0.121. The molecule has 1 aromatic rings. The summed E-state index contributed by atoms with van der Waals surface area (Å²) >= 11 is 0. The molecule has 0 radical (unpaired) electrons. The molecule has 1 amide bonds. The average Bonchev–Trinajstić information content (AvgIpc) is 2.53. The Bertz CT molecular complexity index is 631. The van der Waals surface area contributed by atoms with Crippen LogP contribution in [0.2, 0.25) is 0 Å². The monoisotopic (exact) mass is 333 g/mol. The fourth-order valence-corrected chi connectivity index (χ4v) is 2.88. The number of hydrogen-bond donors (Lipinski definition) is 1. The van der Waals surface area contributed by atoms with Crippen LogP contribution in [-0.2, 0) is 9.53 Å². The number of carbonyl (C=O) groups is 1. The number of benzene rings is 1. The molecule has 2 atom stereocenters. The number of amides is 1. The summed E-state index contributed by atoms with van der Waals surface area (Å²) in [5.74, 6) is 0.725. The number of hydrogen-bond acceptors (Lipinski definition) is 6. The Kier molecular flexibility index (Phi) is 6.01. The van der Waals surface area contributed by atoms with Crippen molar-refractivity contribution in [3.05, 3.63) is 17.7 Å². The van der Waals surface area contributed by atoms with E-state index in [0.717, 1.165) is 0 Å². The number of rotatable bonds is 5. The molecule has 0 aliphatic carbocycles. The molecule has 1 aromatic carbocycles. The van der Waals surface area contributed by atoms with E-state index in [1.54, 1.807) is 12.1 Å². The molecule has 1 aliphatic rings. The molecule has 1 fully saturated rings. The van der Waals surface area contributed by atoms with Gasteiger partial charge >= 0.3 is 0 Å². The summed E-state index contributed by atoms with van der Waals surface area (Å²) in [6.07, 6.45) is 0.189. The molecular formula is C17H23N3O4. The Hall–Kier alpha value is -2.30. The topological polar surface area (TPSA) is 83.8 Å². The van der Waals surface area contributed by atoms with Gasteiger partial charge in [-0.1, -0.05) is 0 Å². The Balaban J connectivity index is 2.09. The molecule has 7 nitrogen and oxygen atoms in total. The predicted molar refractivity (Wildman–Crippen MR) is 89.3 cm³/mol. The van der Waals surface area contributed by atoms with Gasteiger partial charge in [0, 0.05) is 25.2 Å². The van der Waals surface area contributed by atoms with Crippen LogP contribution in [0.1, 0.15) is 19.4 Å². The van der Waals surface area contributed by atoms with Crippen molar-refractivity contribution >= 4 is 11.6 Å². The van der Waals surface area contributed by atoms with Gasteiger partial charge < -0.3 is 19.5 Å².